The fourth-order valence-corrected chi connectivity index (χ4v) is 3.23. The summed E-state index contributed by atoms with van der Waals surface area (Å²) >= 11 is 3.38. The van der Waals surface area contributed by atoms with Crippen LogP contribution in [0.15, 0.2) is 22.7 Å². The molecule has 0 saturated carbocycles. The summed E-state index contributed by atoms with van der Waals surface area (Å²) in [4.78, 5) is 24.1. The third kappa shape index (κ3) is 6.18. The molecule has 0 aliphatic carbocycles. The molecule has 4 nitrogen and oxygen atoms in total. The molecule has 0 heterocycles. The quantitative estimate of drug-likeness (QED) is 0.791. The van der Waals surface area contributed by atoms with Crippen LogP contribution in [0.2, 0.25) is 0 Å². The molecule has 0 aliphatic rings. The van der Waals surface area contributed by atoms with E-state index in [1.807, 2.05) is 32.9 Å². The van der Waals surface area contributed by atoms with Gasteiger partial charge >= 0.3 is 11.8 Å². The first-order chi connectivity index (χ1) is 9.89. The van der Waals surface area contributed by atoms with Gasteiger partial charge in [-0.1, -0.05) is 26.8 Å². The Bertz CT molecular complexity index is 575. The minimum atomic E-state index is -0.661. The summed E-state index contributed by atoms with van der Waals surface area (Å²) in [7, 11) is 0. The molecule has 122 valence electrons. The lowest BCUT2D eigenvalue weighted by molar-refractivity contribution is -0.137. The van der Waals surface area contributed by atoms with Crippen molar-refractivity contribution < 1.29 is 9.59 Å². The van der Waals surface area contributed by atoms with E-state index in [4.69, 9.17) is 0 Å². The van der Waals surface area contributed by atoms with Crippen molar-refractivity contribution >= 4 is 33.4 Å². The van der Waals surface area contributed by atoms with Crippen LogP contribution in [0.4, 0.5) is 5.69 Å². The van der Waals surface area contributed by atoms with Crippen molar-refractivity contribution in [2.75, 3.05) is 5.32 Å². The zero-order valence-electron chi connectivity index (χ0n) is 14.1. The number of halogens is 1. The van der Waals surface area contributed by atoms with E-state index in [1.54, 1.807) is 6.07 Å². The van der Waals surface area contributed by atoms with Gasteiger partial charge in [0.15, 0.2) is 0 Å². The van der Waals surface area contributed by atoms with Gasteiger partial charge in [-0.2, -0.15) is 0 Å². The van der Waals surface area contributed by atoms with Crippen molar-refractivity contribution in [2.45, 2.75) is 53.5 Å². The average Bonchev–Trinajstić information content (AvgIpc) is 2.28. The van der Waals surface area contributed by atoms with Gasteiger partial charge in [0.05, 0.1) is 5.69 Å². The van der Waals surface area contributed by atoms with Gasteiger partial charge in [-0.15, -0.1) is 0 Å². The van der Waals surface area contributed by atoms with E-state index in [0.29, 0.717) is 5.69 Å². The van der Waals surface area contributed by atoms with Crippen LogP contribution in [0.25, 0.3) is 0 Å². The van der Waals surface area contributed by atoms with E-state index in [2.05, 4.69) is 47.3 Å². The third-order valence-corrected chi connectivity index (χ3v) is 3.66. The topological polar surface area (TPSA) is 58.2 Å². The van der Waals surface area contributed by atoms with Gasteiger partial charge in [0, 0.05) is 10.0 Å². The summed E-state index contributed by atoms with van der Waals surface area (Å²) in [5, 5.41) is 5.42. The monoisotopic (exact) mass is 368 g/mol. The second-order valence-electron chi connectivity index (χ2n) is 7.51. The Morgan fingerprint density at radius 3 is 2.18 bits per heavy atom. The summed E-state index contributed by atoms with van der Waals surface area (Å²) in [6.07, 6.45) is 0.771. The molecule has 22 heavy (non-hydrogen) atoms. The highest BCUT2D eigenvalue weighted by atomic mass is 79.9. The van der Waals surface area contributed by atoms with Crippen LogP contribution >= 0.6 is 15.9 Å². The van der Waals surface area contributed by atoms with Gasteiger partial charge in [0.2, 0.25) is 0 Å². The molecule has 2 amide bonds. The van der Waals surface area contributed by atoms with Crippen molar-refractivity contribution in [3.05, 3.63) is 28.2 Å². The lowest BCUT2D eigenvalue weighted by Gasteiger charge is -2.33. The molecule has 1 rings (SSSR count). The molecule has 0 aromatic heterocycles. The van der Waals surface area contributed by atoms with Crippen LogP contribution in [-0.4, -0.2) is 17.4 Å². The smallest absolute Gasteiger partial charge is 0.313 e. The zero-order valence-corrected chi connectivity index (χ0v) is 15.7. The first-order valence-electron chi connectivity index (χ1n) is 7.29. The molecule has 0 saturated heterocycles. The molecule has 0 unspecified atom stereocenters. The first kappa shape index (κ1) is 18.7. The number of hydrogen-bond donors (Lipinski definition) is 2. The highest BCUT2D eigenvalue weighted by Crippen LogP contribution is 2.27. The molecule has 0 atom stereocenters. The number of amides is 2. The summed E-state index contributed by atoms with van der Waals surface area (Å²) in [5.41, 5.74) is 1.27. The van der Waals surface area contributed by atoms with E-state index >= 15 is 0 Å². The lowest BCUT2D eigenvalue weighted by Crippen LogP contribution is -2.49. The van der Waals surface area contributed by atoms with E-state index in [0.717, 1.165) is 16.5 Å². The Hall–Kier alpha value is -1.36. The molecular formula is C17H25BrN2O2. The van der Waals surface area contributed by atoms with Crippen molar-refractivity contribution in [3.8, 4) is 0 Å². The number of benzene rings is 1. The number of hydrogen-bond acceptors (Lipinski definition) is 2. The largest absolute Gasteiger partial charge is 0.343 e. The number of rotatable bonds is 3. The molecule has 0 spiro atoms. The number of carbonyl (C=O) groups excluding carboxylic acids is 2. The summed E-state index contributed by atoms with van der Waals surface area (Å²) in [5.74, 6) is -1.28. The Labute approximate surface area is 141 Å². The predicted octanol–water partition coefficient (Wildman–Crippen LogP) is 4.03. The van der Waals surface area contributed by atoms with E-state index in [-0.39, 0.29) is 5.41 Å². The van der Waals surface area contributed by atoms with Gasteiger partial charge in [-0.25, -0.2) is 0 Å². The summed E-state index contributed by atoms with van der Waals surface area (Å²) in [6, 6.07) is 5.53. The minimum Gasteiger partial charge on any atom is -0.343 e. The fourth-order valence-electron chi connectivity index (χ4n) is 2.63. The lowest BCUT2D eigenvalue weighted by atomic mass is 9.82. The molecule has 0 aliphatic heterocycles. The highest BCUT2D eigenvalue weighted by molar-refractivity contribution is 9.10. The maximum Gasteiger partial charge on any atom is 0.313 e. The summed E-state index contributed by atoms with van der Waals surface area (Å²) < 4.78 is 0.752. The SMILES string of the molecule is Cc1ccc(NC(=O)C(=O)NC(C)(C)CC(C)(C)C)c(Br)c1. The third-order valence-electron chi connectivity index (χ3n) is 3.00. The average molecular weight is 369 g/mol. The Morgan fingerprint density at radius 1 is 1.09 bits per heavy atom. The van der Waals surface area contributed by atoms with E-state index in [9.17, 15) is 9.59 Å². The first-order valence-corrected chi connectivity index (χ1v) is 8.09. The van der Waals surface area contributed by atoms with Gasteiger partial charge in [0.1, 0.15) is 0 Å². The molecule has 1 aromatic carbocycles. The minimum absolute atomic E-state index is 0.0627. The number of nitrogens with one attached hydrogen (secondary N) is 2. The molecule has 0 fully saturated rings. The molecular weight excluding hydrogens is 344 g/mol. The molecule has 0 bridgehead atoms. The number of aryl methyl sites for hydroxylation is 1. The normalized spacial score (nSPS) is 12.0. The zero-order chi connectivity index (χ0) is 17.1. The second kappa shape index (κ2) is 6.82. The highest BCUT2D eigenvalue weighted by Gasteiger charge is 2.29. The van der Waals surface area contributed by atoms with Crippen molar-refractivity contribution in [1.29, 1.82) is 0 Å². The van der Waals surface area contributed by atoms with Gasteiger partial charge in [0.25, 0.3) is 0 Å². The van der Waals surface area contributed by atoms with Crippen LogP contribution in [0.1, 0.15) is 46.6 Å². The van der Waals surface area contributed by atoms with Crippen molar-refractivity contribution in [3.63, 3.8) is 0 Å². The van der Waals surface area contributed by atoms with Crippen molar-refractivity contribution in [1.82, 2.24) is 5.32 Å². The number of anilines is 1. The maximum atomic E-state index is 12.1. The number of carbonyl (C=O) groups is 2. The van der Waals surface area contributed by atoms with E-state index < -0.39 is 17.4 Å². The van der Waals surface area contributed by atoms with Crippen LogP contribution in [-0.2, 0) is 9.59 Å². The molecule has 0 radical (unpaired) electrons. The van der Waals surface area contributed by atoms with Crippen LogP contribution in [0, 0.1) is 12.3 Å². The summed E-state index contributed by atoms with van der Waals surface area (Å²) in [6.45, 7) is 12.1. The Balaban J connectivity index is 2.71. The van der Waals surface area contributed by atoms with Gasteiger partial charge in [-0.3, -0.25) is 9.59 Å². The van der Waals surface area contributed by atoms with Gasteiger partial charge in [-0.05, 0) is 66.2 Å². The standard InChI is InChI=1S/C17H25BrN2O2/c1-11-7-8-13(12(18)9-11)19-14(21)15(22)20-17(5,6)10-16(2,3)4/h7-9H,10H2,1-6H3,(H,19,21)(H,20,22). The molecule has 1 aromatic rings. The van der Waals surface area contributed by atoms with E-state index in [1.165, 1.54) is 0 Å². The Morgan fingerprint density at radius 2 is 1.68 bits per heavy atom. The van der Waals surface area contributed by atoms with Crippen LogP contribution < -0.4 is 10.6 Å². The fraction of sp³-hybridized carbons (Fsp3) is 0.529. The molecule has 2 N–H and O–H groups in total. The maximum absolute atomic E-state index is 12.1. The second-order valence-corrected chi connectivity index (χ2v) is 8.37. The Kier molecular flexibility index (Phi) is 5.79. The van der Waals surface area contributed by atoms with Crippen molar-refractivity contribution in [2.24, 2.45) is 5.41 Å². The predicted molar refractivity (Wildman–Crippen MR) is 93.8 cm³/mol. The van der Waals surface area contributed by atoms with Crippen LogP contribution in [0.3, 0.4) is 0 Å². The van der Waals surface area contributed by atoms with Crippen LogP contribution in [0.5, 0.6) is 0 Å². The molecule has 5 heteroatoms. The van der Waals surface area contributed by atoms with Gasteiger partial charge < -0.3 is 10.6 Å².